The molecule has 0 spiro atoms. The van der Waals surface area contributed by atoms with Crippen molar-refractivity contribution < 1.29 is 9.60 Å². The second-order valence-corrected chi connectivity index (χ2v) is 3.70. The van der Waals surface area contributed by atoms with Gasteiger partial charge in [-0.15, -0.1) is 0 Å². The zero-order valence-corrected chi connectivity index (χ0v) is 9.15. The van der Waals surface area contributed by atoms with Gasteiger partial charge in [0.15, 0.2) is 0 Å². The van der Waals surface area contributed by atoms with Gasteiger partial charge in [0.05, 0.1) is 0 Å². The fraction of sp³-hybridized carbons (Fsp3) is 0.364. The zero-order valence-electron chi connectivity index (χ0n) is 9.15. The van der Waals surface area contributed by atoms with Gasteiger partial charge in [0.25, 0.3) is 0 Å². The summed E-state index contributed by atoms with van der Waals surface area (Å²) in [6, 6.07) is 6.38. The second-order valence-electron chi connectivity index (χ2n) is 3.70. The van der Waals surface area contributed by atoms with Gasteiger partial charge in [-0.25, -0.2) is 4.39 Å². The summed E-state index contributed by atoms with van der Waals surface area (Å²) in [5.41, 5.74) is 6.37. The predicted molar refractivity (Wildman–Crippen MR) is 60.7 cm³/mol. The van der Waals surface area contributed by atoms with Gasteiger partial charge in [0.1, 0.15) is 11.7 Å². The standard InChI is InChI=1S/C11H16FN3O/c1-8(6-11(13)15-16)14-7-9-2-4-10(12)5-3-9/h2-5,8,14,16H,6-7H2,1H3,(H2,13,15). The molecule has 0 amide bonds. The lowest BCUT2D eigenvalue weighted by atomic mass is 10.2. The number of hydrogen-bond acceptors (Lipinski definition) is 3. The normalized spacial score (nSPS) is 13.8. The number of nitrogens with one attached hydrogen (secondary N) is 1. The lowest BCUT2D eigenvalue weighted by Crippen LogP contribution is -2.30. The van der Waals surface area contributed by atoms with Crippen molar-refractivity contribution in [2.75, 3.05) is 0 Å². The van der Waals surface area contributed by atoms with Crippen LogP contribution in [-0.4, -0.2) is 17.1 Å². The van der Waals surface area contributed by atoms with Crippen LogP contribution in [0.3, 0.4) is 0 Å². The SMILES string of the molecule is CC(CC(N)=NO)NCc1ccc(F)cc1. The van der Waals surface area contributed by atoms with Crippen LogP contribution in [0.25, 0.3) is 0 Å². The van der Waals surface area contributed by atoms with Gasteiger partial charge in [0.2, 0.25) is 0 Å². The van der Waals surface area contributed by atoms with Gasteiger partial charge in [-0.3, -0.25) is 0 Å². The molecule has 0 heterocycles. The fourth-order valence-electron chi connectivity index (χ4n) is 1.32. The third-order valence-electron chi connectivity index (χ3n) is 2.21. The Morgan fingerprint density at radius 2 is 2.12 bits per heavy atom. The van der Waals surface area contributed by atoms with E-state index in [1.807, 2.05) is 6.92 Å². The fourth-order valence-corrected chi connectivity index (χ4v) is 1.32. The van der Waals surface area contributed by atoms with Crippen molar-refractivity contribution in [2.24, 2.45) is 10.9 Å². The van der Waals surface area contributed by atoms with E-state index >= 15 is 0 Å². The average Bonchev–Trinajstić information content (AvgIpc) is 2.28. The van der Waals surface area contributed by atoms with Crippen LogP contribution < -0.4 is 11.1 Å². The molecule has 1 atom stereocenters. The number of halogens is 1. The molecule has 0 fully saturated rings. The first-order chi connectivity index (χ1) is 7.61. The molecule has 0 saturated carbocycles. The lowest BCUT2D eigenvalue weighted by molar-refractivity contribution is 0.316. The molecule has 5 heteroatoms. The molecule has 0 bridgehead atoms. The van der Waals surface area contributed by atoms with Crippen molar-refractivity contribution in [3.05, 3.63) is 35.6 Å². The summed E-state index contributed by atoms with van der Waals surface area (Å²) >= 11 is 0. The van der Waals surface area contributed by atoms with E-state index in [9.17, 15) is 4.39 Å². The molecule has 4 N–H and O–H groups in total. The quantitative estimate of drug-likeness (QED) is 0.307. The van der Waals surface area contributed by atoms with Crippen LogP contribution in [0.5, 0.6) is 0 Å². The molecule has 1 aromatic carbocycles. The smallest absolute Gasteiger partial charge is 0.140 e. The number of oxime groups is 1. The van der Waals surface area contributed by atoms with Gasteiger partial charge in [-0.05, 0) is 24.6 Å². The van der Waals surface area contributed by atoms with Crippen LogP contribution in [0.1, 0.15) is 18.9 Å². The van der Waals surface area contributed by atoms with Crippen molar-refractivity contribution in [1.82, 2.24) is 5.32 Å². The maximum atomic E-state index is 12.6. The molecule has 4 nitrogen and oxygen atoms in total. The highest BCUT2D eigenvalue weighted by atomic mass is 19.1. The average molecular weight is 225 g/mol. The molecule has 0 aliphatic heterocycles. The van der Waals surface area contributed by atoms with Crippen molar-refractivity contribution in [1.29, 1.82) is 0 Å². The van der Waals surface area contributed by atoms with E-state index < -0.39 is 0 Å². The number of nitrogens with zero attached hydrogens (tertiary/aromatic N) is 1. The molecular formula is C11H16FN3O. The molecule has 1 aromatic rings. The maximum Gasteiger partial charge on any atom is 0.140 e. The van der Waals surface area contributed by atoms with E-state index in [1.54, 1.807) is 12.1 Å². The largest absolute Gasteiger partial charge is 0.409 e. The van der Waals surface area contributed by atoms with E-state index in [4.69, 9.17) is 10.9 Å². The molecule has 0 aliphatic carbocycles. The monoisotopic (exact) mass is 225 g/mol. The van der Waals surface area contributed by atoms with Gasteiger partial charge >= 0.3 is 0 Å². The number of amidine groups is 1. The third kappa shape index (κ3) is 4.27. The Kier molecular flexibility index (Phi) is 4.72. The number of nitrogens with two attached hydrogens (primary N) is 1. The zero-order chi connectivity index (χ0) is 12.0. The van der Waals surface area contributed by atoms with Crippen LogP contribution in [0.15, 0.2) is 29.4 Å². The van der Waals surface area contributed by atoms with Crippen molar-refractivity contribution in [2.45, 2.75) is 25.9 Å². The minimum atomic E-state index is -0.242. The lowest BCUT2D eigenvalue weighted by Gasteiger charge is -2.12. The van der Waals surface area contributed by atoms with Gasteiger partial charge in [0, 0.05) is 19.0 Å². The Balaban J connectivity index is 2.37. The summed E-state index contributed by atoms with van der Waals surface area (Å²) in [4.78, 5) is 0. The summed E-state index contributed by atoms with van der Waals surface area (Å²) < 4.78 is 12.6. The Morgan fingerprint density at radius 1 is 1.50 bits per heavy atom. The highest BCUT2D eigenvalue weighted by Gasteiger charge is 2.04. The summed E-state index contributed by atoms with van der Waals surface area (Å²) in [7, 11) is 0. The van der Waals surface area contributed by atoms with Crippen LogP contribution in [0.2, 0.25) is 0 Å². The molecular weight excluding hydrogens is 209 g/mol. The van der Waals surface area contributed by atoms with Crippen molar-refractivity contribution in [3.8, 4) is 0 Å². The number of hydrogen-bond donors (Lipinski definition) is 3. The Morgan fingerprint density at radius 3 is 2.69 bits per heavy atom. The van der Waals surface area contributed by atoms with Crippen LogP contribution in [-0.2, 0) is 6.54 Å². The first-order valence-electron chi connectivity index (χ1n) is 5.06. The molecule has 88 valence electrons. The molecule has 0 saturated heterocycles. The van der Waals surface area contributed by atoms with Gasteiger partial charge in [-0.1, -0.05) is 17.3 Å². The molecule has 1 unspecified atom stereocenters. The maximum absolute atomic E-state index is 12.6. The van der Waals surface area contributed by atoms with E-state index in [1.165, 1.54) is 12.1 Å². The van der Waals surface area contributed by atoms with Crippen LogP contribution >= 0.6 is 0 Å². The third-order valence-corrected chi connectivity index (χ3v) is 2.21. The second kappa shape index (κ2) is 6.07. The molecule has 1 rings (SSSR count). The van der Waals surface area contributed by atoms with E-state index in [2.05, 4.69) is 10.5 Å². The minimum absolute atomic E-state index is 0.0981. The summed E-state index contributed by atoms with van der Waals surface area (Å²) in [5.74, 6) is -0.0486. The minimum Gasteiger partial charge on any atom is -0.409 e. The molecule has 16 heavy (non-hydrogen) atoms. The Labute approximate surface area is 94.0 Å². The number of benzene rings is 1. The highest BCUT2D eigenvalue weighted by Crippen LogP contribution is 2.03. The highest BCUT2D eigenvalue weighted by molar-refractivity contribution is 5.80. The van der Waals surface area contributed by atoms with E-state index in [0.29, 0.717) is 13.0 Å². The summed E-state index contributed by atoms with van der Waals surface area (Å²) in [6.07, 6.45) is 0.470. The van der Waals surface area contributed by atoms with E-state index in [0.717, 1.165) is 5.56 Å². The molecule has 0 radical (unpaired) electrons. The summed E-state index contributed by atoms with van der Waals surface area (Å²) in [5, 5.41) is 14.5. The number of rotatable bonds is 5. The first kappa shape index (κ1) is 12.4. The molecule has 0 aliphatic rings. The van der Waals surface area contributed by atoms with Crippen molar-refractivity contribution in [3.63, 3.8) is 0 Å². The predicted octanol–water partition coefficient (Wildman–Crippen LogP) is 1.44. The topological polar surface area (TPSA) is 70.6 Å². The van der Waals surface area contributed by atoms with E-state index in [-0.39, 0.29) is 17.7 Å². The molecule has 0 aromatic heterocycles. The van der Waals surface area contributed by atoms with Crippen LogP contribution in [0.4, 0.5) is 4.39 Å². The Bertz CT molecular complexity index is 351. The van der Waals surface area contributed by atoms with Crippen molar-refractivity contribution >= 4 is 5.84 Å². The van der Waals surface area contributed by atoms with Crippen LogP contribution in [0, 0.1) is 5.82 Å². The Hall–Kier alpha value is -1.62. The first-order valence-corrected chi connectivity index (χ1v) is 5.06. The van der Waals surface area contributed by atoms with Gasteiger partial charge < -0.3 is 16.3 Å². The van der Waals surface area contributed by atoms with Gasteiger partial charge in [-0.2, -0.15) is 0 Å². The summed E-state index contributed by atoms with van der Waals surface area (Å²) in [6.45, 7) is 2.56.